The van der Waals surface area contributed by atoms with Crippen LogP contribution in [0.15, 0.2) is 48.5 Å². The maximum Gasteiger partial charge on any atom is 0.345 e. The topological polar surface area (TPSA) is 117 Å². The zero-order chi connectivity index (χ0) is 19.2. The molecular weight excluding hydrogens is 356 g/mol. The Morgan fingerprint density at radius 2 is 1.85 bits per heavy atom. The van der Waals surface area contributed by atoms with E-state index in [0.29, 0.717) is 11.5 Å². The van der Waals surface area contributed by atoms with Crippen molar-refractivity contribution in [1.82, 2.24) is 5.32 Å². The number of carbonyl (C=O) groups excluding carboxylic acids is 2. The summed E-state index contributed by atoms with van der Waals surface area (Å²) < 4.78 is 16.1. The summed E-state index contributed by atoms with van der Waals surface area (Å²) in [6.07, 6.45) is -0.380. The van der Waals surface area contributed by atoms with Gasteiger partial charge in [0.2, 0.25) is 0 Å². The first kappa shape index (κ1) is 18.2. The highest BCUT2D eigenvalue weighted by Gasteiger charge is 2.23. The standard InChI is InChI=1S/C18H16N2O7/c21-17(11-26-18(22)13-5-1-2-6-14(13)20(23)24)19-9-12-10-25-15-7-3-4-8-16(15)27-12/h1-8,12H,9-11H2,(H,19,21)/t12-/m1/s1. The van der Waals surface area contributed by atoms with Crippen molar-refractivity contribution in [1.29, 1.82) is 0 Å². The minimum absolute atomic E-state index is 0.163. The van der Waals surface area contributed by atoms with Crippen LogP contribution in [0.1, 0.15) is 10.4 Å². The number of nitrogens with one attached hydrogen (secondary N) is 1. The van der Waals surface area contributed by atoms with Crippen LogP contribution < -0.4 is 14.8 Å². The largest absolute Gasteiger partial charge is 0.486 e. The summed E-state index contributed by atoms with van der Waals surface area (Å²) in [7, 11) is 0. The van der Waals surface area contributed by atoms with Gasteiger partial charge in [-0.1, -0.05) is 24.3 Å². The van der Waals surface area contributed by atoms with E-state index in [4.69, 9.17) is 14.2 Å². The van der Waals surface area contributed by atoms with Crippen molar-refractivity contribution in [3.63, 3.8) is 0 Å². The third kappa shape index (κ3) is 4.51. The number of hydrogen-bond donors (Lipinski definition) is 1. The van der Waals surface area contributed by atoms with E-state index < -0.39 is 23.4 Å². The molecule has 3 rings (SSSR count). The lowest BCUT2D eigenvalue weighted by Gasteiger charge is -2.26. The monoisotopic (exact) mass is 372 g/mol. The van der Waals surface area contributed by atoms with Gasteiger partial charge >= 0.3 is 5.97 Å². The predicted molar refractivity (Wildman–Crippen MR) is 92.7 cm³/mol. The molecule has 2 aromatic rings. The lowest BCUT2D eigenvalue weighted by molar-refractivity contribution is -0.385. The van der Waals surface area contributed by atoms with E-state index in [0.717, 1.165) is 0 Å². The van der Waals surface area contributed by atoms with Crippen LogP contribution >= 0.6 is 0 Å². The second-order valence-corrected chi connectivity index (χ2v) is 5.65. The first-order valence-corrected chi connectivity index (χ1v) is 8.10. The number of hydrogen-bond acceptors (Lipinski definition) is 7. The van der Waals surface area contributed by atoms with E-state index in [2.05, 4.69) is 5.32 Å². The van der Waals surface area contributed by atoms with Gasteiger partial charge in [-0.15, -0.1) is 0 Å². The van der Waals surface area contributed by atoms with Crippen LogP contribution in [0.2, 0.25) is 0 Å². The van der Waals surface area contributed by atoms with Gasteiger partial charge in [-0.25, -0.2) is 4.79 Å². The van der Waals surface area contributed by atoms with Gasteiger partial charge < -0.3 is 19.5 Å². The van der Waals surface area contributed by atoms with Gasteiger partial charge in [0.1, 0.15) is 18.3 Å². The van der Waals surface area contributed by atoms with Crippen LogP contribution in [0, 0.1) is 10.1 Å². The van der Waals surface area contributed by atoms with Crippen molar-refractivity contribution in [3.8, 4) is 11.5 Å². The molecule has 0 bridgehead atoms. The molecule has 0 radical (unpaired) electrons. The smallest absolute Gasteiger partial charge is 0.345 e. The second kappa shape index (κ2) is 8.17. The fourth-order valence-corrected chi connectivity index (χ4v) is 2.46. The summed E-state index contributed by atoms with van der Waals surface area (Å²) >= 11 is 0. The Bertz CT molecular complexity index is 868. The summed E-state index contributed by atoms with van der Waals surface area (Å²) in [5, 5.41) is 13.5. The van der Waals surface area contributed by atoms with Gasteiger partial charge in [-0.3, -0.25) is 14.9 Å². The number of amides is 1. The number of esters is 1. The van der Waals surface area contributed by atoms with Crippen molar-refractivity contribution in [2.75, 3.05) is 19.8 Å². The molecule has 1 aliphatic rings. The normalized spacial score (nSPS) is 14.9. The highest BCUT2D eigenvalue weighted by Crippen LogP contribution is 2.30. The van der Waals surface area contributed by atoms with Gasteiger partial charge in [0, 0.05) is 6.07 Å². The summed E-state index contributed by atoms with van der Waals surface area (Å²) in [6, 6.07) is 12.6. The molecule has 0 spiro atoms. The maximum absolute atomic E-state index is 12.0. The third-order valence-corrected chi connectivity index (χ3v) is 3.75. The summed E-state index contributed by atoms with van der Waals surface area (Å²) in [4.78, 5) is 34.1. The van der Waals surface area contributed by atoms with E-state index in [1.165, 1.54) is 24.3 Å². The molecule has 1 aliphatic heterocycles. The highest BCUT2D eigenvalue weighted by atomic mass is 16.6. The van der Waals surface area contributed by atoms with Crippen molar-refractivity contribution in [3.05, 3.63) is 64.2 Å². The van der Waals surface area contributed by atoms with Gasteiger partial charge in [0.15, 0.2) is 18.1 Å². The third-order valence-electron chi connectivity index (χ3n) is 3.75. The van der Waals surface area contributed by atoms with Crippen LogP contribution in [0.4, 0.5) is 5.69 Å². The Kier molecular flexibility index (Phi) is 5.50. The van der Waals surface area contributed by atoms with Gasteiger partial charge in [-0.05, 0) is 18.2 Å². The summed E-state index contributed by atoms with van der Waals surface area (Å²) in [6.45, 7) is -0.126. The summed E-state index contributed by atoms with van der Waals surface area (Å²) in [5.74, 6) is -0.266. The SMILES string of the molecule is O=C(COC(=O)c1ccccc1[N+](=O)[O-])NC[C@@H]1COc2ccccc2O1. The Morgan fingerprint density at radius 1 is 1.15 bits per heavy atom. The van der Waals surface area contributed by atoms with E-state index in [9.17, 15) is 19.7 Å². The van der Waals surface area contributed by atoms with E-state index in [-0.39, 0.29) is 30.5 Å². The summed E-state index contributed by atoms with van der Waals surface area (Å²) in [5.41, 5.74) is -0.592. The number of rotatable bonds is 6. The second-order valence-electron chi connectivity index (χ2n) is 5.65. The predicted octanol–water partition coefficient (Wildman–Crippen LogP) is 1.71. The number of carbonyl (C=O) groups is 2. The molecule has 0 fully saturated rings. The molecule has 0 aromatic heterocycles. The van der Waals surface area contributed by atoms with Crippen LogP contribution in [0.25, 0.3) is 0 Å². The lowest BCUT2D eigenvalue weighted by Crippen LogP contribution is -2.42. The van der Waals surface area contributed by atoms with E-state index >= 15 is 0 Å². The molecule has 140 valence electrons. The zero-order valence-corrected chi connectivity index (χ0v) is 14.1. The van der Waals surface area contributed by atoms with E-state index in [1.807, 2.05) is 12.1 Å². The molecule has 0 saturated carbocycles. The Labute approximate surface area is 154 Å². The molecule has 1 heterocycles. The van der Waals surface area contributed by atoms with Crippen molar-refractivity contribution < 1.29 is 28.7 Å². The van der Waals surface area contributed by atoms with Crippen LogP contribution in [0.3, 0.4) is 0 Å². The number of fused-ring (bicyclic) bond motifs is 1. The Morgan fingerprint density at radius 3 is 2.63 bits per heavy atom. The Hall–Kier alpha value is -3.62. The highest BCUT2D eigenvalue weighted by molar-refractivity contribution is 5.95. The fraction of sp³-hybridized carbons (Fsp3) is 0.222. The maximum atomic E-state index is 12.0. The fourth-order valence-electron chi connectivity index (χ4n) is 2.46. The van der Waals surface area contributed by atoms with Crippen LogP contribution in [0.5, 0.6) is 11.5 Å². The van der Waals surface area contributed by atoms with Crippen LogP contribution in [-0.4, -0.2) is 42.7 Å². The van der Waals surface area contributed by atoms with E-state index in [1.54, 1.807) is 12.1 Å². The average Bonchev–Trinajstić information content (AvgIpc) is 2.70. The first-order valence-electron chi connectivity index (χ1n) is 8.10. The minimum Gasteiger partial charge on any atom is -0.486 e. The number of nitro benzene ring substituents is 1. The van der Waals surface area contributed by atoms with Crippen LogP contribution in [-0.2, 0) is 9.53 Å². The number of ether oxygens (including phenoxy) is 3. The molecule has 27 heavy (non-hydrogen) atoms. The van der Waals surface area contributed by atoms with Crippen molar-refractivity contribution in [2.45, 2.75) is 6.10 Å². The number of para-hydroxylation sites is 3. The molecule has 0 saturated heterocycles. The molecule has 1 amide bonds. The molecule has 0 aliphatic carbocycles. The van der Waals surface area contributed by atoms with Gasteiger partial charge in [-0.2, -0.15) is 0 Å². The number of nitrogens with zero attached hydrogens (tertiary/aromatic N) is 1. The first-order chi connectivity index (χ1) is 13.0. The molecule has 1 atom stereocenters. The van der Waals surface area contributed by atoms with Gasteiger partial charge in [0.05, 0.1) is 11.5 Å². The molecule has 2 aromatic carbocycles. The number of nitro groups is 1. The number of benzene rings is 2. The molecule has 9 nitrogen and oxygen atoms in total. The zero-order valence-electron chi connectivity index (χ0n) is 14.1. The molecular formula is C18H16N2O7. The van der Waals surface area contributed by atoms with Crippen molar-refractivity contribution in [2.24, 2.45) is 0 Å². The quantitative estimate of drug-likeness (QED) is 0.466. The minimum atomic E-state index is -0.941. The molecule has 1 N–H and O–H groups in total. The van der Waals surface area contributed by atoms with Gasteiger partial charge in [0.25, 0.3) is 11.6 Å². The van der Waals surface area contributed by atoms with Crippen molar-refractivity contribution >= 4 is 17.6 Å². The molecule has 9 heteroatoms. The molecule has 0 unspecified atom stereocenters. The average molecular weight is 372 g/mol. The Balaban J connectivity index is 1.47. The lowest BCUT2D eigenvalue weighted by atomic mass is 10.2.